The average Bonchev–Trinajstić information content (AvgIpc) is 2.74. The summed E-state index contributed by atoms with van der Waals surface area (Å²) in [6.07, 6.45) is 2.23. The van der Waals surface area contributed by atoms with Crippen molar-refractivity contribution >= 4 is 5.97 Å². The minimum absolute atomic E-state index is 0.0162. The van der Waals surface area contributed by atoms with Crippen LogP contribution in [-0.4, -0.2) is 31.1 Å². The molecule has 1 N–H and O–H groups in total. The van der Waals surface area contributed by atoms with Crippen LogP contribution in [0.15, 0.2) is 24.4 Å². The maximum atomic E-state index is 10.8. The van der Waals surface area contributed by atoms with Crippen LogP contribution in [0.25, 0.3) is 5.82 Å². The number of hydrogen-bond donors (Lipinski definition) is 1. The lowest BCUT2D eigenvalue weighted by atomic mass is 10.3. The lowest BCUT2D eigenvalue weighted by Gasteiger charge is -2.02. The molecular formula is C10H10N4O2. The lowest BCUT2D eigenvalue weighted by molar-refractivity contribution is 0.0690. The van der Waals surface area contributed by atoms with Gasteiger partial charge < -0.3 is 5.11 Å². The first-order chi connectivity index (χ1) is 7.72. The van der Waals surface area contributed by atoms with Crippen molar-refractivity contribution in [2.45, 2.75) is 13.3 Å². The largest absolute Gasteiger partial charge is 0.476 e. The smallest absolute Gasteiger partial charge is 0.356 e. The summed E-state index contributed by atoms with van der Waals surface area (Å²) in [5, 5.41) is 20.4. The number of rotatable bonds is 3. The van der Waals surface area contributed by atoms with Crippen LogP contribution in [0.5, 0.6) is 0 Å². The number of carboxylic acid groups (broad SMARTS) is 1. The zero-order chi connectivity index (χ0) is 11.5. The second-order valence-corrected chi connectivity index (χ2v) is 3.17. The number of aryl methyl sites for hydroxylation is 1. The van der Waals surface area contributed by atoms with Crippen molar-refractivity contribution in [1.29, 1.82) is 0 Å². The molecule has 0 unspecified atom stereocenters. The van der Waals surface area contributed by atoms with Gasteiger partial charge in [-0.25, -0.2) is 9.48 Å². The standard InChI is InChI=1S/C10H10N4O2/c1-2-7-6-8(10(15)16)13-14(7)9-4-3-5-11-12-9/h3-6H,2H2,1H3,(H,15,16). The van der Waals surface area contributed by atoms with Crippen LogP contribution in [0.3, 0.4) is 0 Å². The molecule has 2 heterocycles. The van der Waals surface area contributed by atoms with E-state index < -0.39 is 5.97 Å². The van der Waals surface area contributed by atoms with Crippen molar-refractivity contribution in [3.8, 4) is 5.82 Å². The third-order valence-corrected chi connectivity index (χ3v) is 2.14. The molecule has 0 aliphatic carbocycles. The third kappa shape index (κ3) is 1.77. The minimum atomic E-state index is -1.04. The van der Waals surface area contributed by atoms with E-state index in [-0.39, 0.29) is 5.69 Å². The highest BCUT2D eigenvalue weighted by atomic mass is 16.4. The number of aromatic carboxylic acids is 1. The quantitative estimate of drug-likeness (QED) is 0.828. The summed E-state index contributed by atoms with van der Waals surface area (Å²) in [7, 11) is 0. The number of nitrogens with zero attached hydrogens (tertiary/aromatic N) is 4. The van der Waals surface area contributed by atoms with Crippen LogP contribution in [0.2, 0.25) is 0 Å². The molecule has 82 valence electrons. The molecule has 0 bridgehead atoms. The van der Waals surface area contributed by atoms with E-state index in [4.69, 9.17) is 5.11 Å². The van der Waals surface area contributed by atoms with E-state index in [2.05, 4.69) is 15.3 Å². The van der Waals surface area contributed by atoms with Crippen molar-refractivity contribution in [3.63, 3.8) is 0 Å². The topological polar surface area (TPSA) is 80.9 Å². The molecule has 6 nitrogen and oxygen atoms in total. The van der Waals surface area contributed by atoms with Crippen molar-refractivity contribution in [3.05, 3.63) is 35.8 Å². The first-order valence-corrected chi connectivity index (χ1v) is 4.82. The van der Waals surface area contributed by atoms with E-state index in [9.17, 15) is 4.79 Å². The maximum absolute atomic E-state index is 10.8. The number of carboxylic acids is 1. The van der Waals surface area contributed by atoms with Crippen LogP contribution in [0.1, 0.15) is 23.1 Å². The van der Waals surface area contributed by atoms with Gasteiger partial charge in [0, 0.05) is 11.9 Å². The molecular weight excluding hydrogens is 208 g/mol. The fraction of sp³-hybridized carbons (Fsp3) is 0.200. The first-order valence-electron chi connectivity index (χ1n) is 4.82. The van der Waals surface area contributed by atoms with E-state index in [0.29, 0.717) is 12.2 Å². The van der Waals surface area contributed by atoms with Crippen molar-refractivity contribution in [1.82, 2.24) is 20.0 Å². The summed E-state index contributed by atoms with van der Waals surface area (Å²) < 4.78 is 1.50. The number of carbonyl (C=O) groups is 1. The number of aromatic nitrogens is 4. The van der Waals surface area contributed by atoms with Gasteiger partial charge in [-0.3, -0.25) is 0 Å². The number of hydrogen-bond acceptors (Lipinski definition) is 4. The Bertz CT molecular complexity index is 507. The lowest BCUT2D eigenvalue weighted by Crippen LogP contribution is -2.05. The molecule has 2 aromatic rings. The van der Waals surface area contributed by atoms with Crippen LogP contribution < -0.4 is 0 Å². The summed E-state index contributed by atoms with van der Waals surface area (Å²) in [5.74, 6) is -0.524. The molecule has 0 aromatic carbocycles. The van der Waals surface area contributed by atoms with Crippen molar-refractivity contribution in [2.75, 3.05) is 0 Å². The highest BCUT2D eigenvalue weighted by Crippen LogP contribution is 2.10. The van der Waals surface area contributed by atoms with Gasteiger partial charge in [-0.05, 0) is 24.6 Å². The molecule has 0 spiro atoms. The van der Waals surface area contributed by atoms with Gasteiger partial charge in [0.1, 0.15) is 0 Å². The van der Waals surface area contributed by atoms with Crippen LogP contribution >= 0.6 is 0 Å². The SMILES string of the molecule is CCc1cc(C(=O)O)nn1-c1cccnn1. The third-order valence-electron chi connectivity index (χ3n) is 2.14. The molecule has 6 heteroatoms. The van der Waals surface area contributed by atoms with Crippen LogP contribution in [-0.2, 0) is 6.42 Å². The predicted octanol–water partition coefficient (Wildman–Crippen LogP) is 0.923. The van der Waals surface area contributed by atoms with E-state index in [1.54, 1.807) is 18.3 Å². The first kappa shape index (κ1) is 10.3. The normalized spacial score (nSPS) is 10.3. The predicted molar refractivity (Wildman–Crippen MR) is 55.5 cm³/mol. The van der Waals surface area contributed by atoms with E-state index in [1.165, 1.54) is 10.7 Å². The monoisotopic (exact) mass is 218 g/mol. The fourth-order valence-electron chi connectivity index (χ4n) is 1.38. The molecule has 2 aromatic heterocycles. The van der Waals surface area contributed by atoms with E-state index >= 15 is 0 Å². The second-order valence-electron chi connectivity index (χ2n) is 3.17. The highest BCUT2D eigenvalue weighted by molar-refractivity contribution is 5.85. The van der Waals surface area contributed by atoms with Gasteiger partial charge in [0.2, 0.25) is 0 Å². The highest BCUT2D eigenvalue weighted by Gasteiger charge is 2.13. The second kappa shape index (κ2) is 4.09. The molecule has 0 amide bonds. The summed E-state index contributed by atoms with van der Waals surface area (Å²) >= 11 is 0. The Morgan fingerprint density at radius 2 is 2.38 bits per heavy atom. The molecule has 0 aliphatic rings. The maximum Gasteiger partial charge on any atom is 0.356 e. The molecule has 0 aliphatic heterocycles. The van der Waals surface area contributed by atoms with Crippen molar-refractivity contribution < 1.29 is 9.90 Å². The van der Waals surface area contributed by atoms with Gasteiger partial charge in [0.25, 0.3) is 0 Å². The molecule has 16 heavy (non-hydrogen) atoms. The van der Waals surface area contributed by atoms with Gasteiger partial charge in [0.05, 0.1) is 0 Å². The van der Waals surface area contributed by atoms with Gasteiger partial charge in [0.15, 0.2) is 11.5 Å². The van der Waals surface area contributed by atoms with E-state index in [1.807, 2.05) is 6.92 Å². The van der Waals surface area contributed by atoms with Crippen LogP contribution in [0.4, 0.5) is 0 Å². The minimum Gasteiger partial charge on any atom is -0.476 e. The Hall–Kier alpha value is -2.24. The van der Waals surface area contributed by atoms with Crippen molar-refractivity contribution in [2.24, 2.45) is 0 Å². The Kier molecular flexibility index (Phi) is 2.63. The zero-order valence-electron chi connectivity index (χ0n) is 8.66. The zero-order valence-corrected chi connectivity index (χ0v) is 8.66. The summed E-state index contributed by atoms with van der Waals surface area (Å²) in [5.41, 5.74) is 0.806. The molecule has 0 saturated carbocycles. The summed E-state index contributed by atoms with van der Waals surface area (Å²) in [4.78, 5) is 10.8. The molecule has 0 radical (unpaired) electrons. The van der Waals surface area contributed by atoms with Gasteiger partial charge in [-0.2, -0.15) is 10.2 Å². The molecule has 0 fully saturated rings. The Morgan fingerprint density at radius 1 is 1.56 bits per heavy atom. The fourth-order valence-corrected chi connectivity index (χ4v) is 1.38. The molecule has 2 rings (SSSR count). The summed E-state index contributed by atoms with van der Waals surface area (Å²) in [6.45, 7) is 1.93. The summed E-state index contributed by atoms with van der Waals surface area (Å²) in [6, 6.07) is 4.99. The molecule has 0 saturated heterocycles. The van der Waals surface area contributed by atoms with Gasteiger partial charge in [-0.15, -0.1) is 5.10 Å². The van der Waals surface area contributed by atoms with Gasteiger partial charge in [-0.1, -0.05) is 6.92 Å². The Balaban J connectivity index is 2.52. The Labute approximate surface area is 91.6 Å². The van der Waals surface area contributed by atoms with Gasteiger partial charge >= 0.3 is 5.97 Å². The van der Waals surface area contributed by atoms with E-state index in [0.717, 1.165) is 5.69 Å². The van der Waals surface area contributed by atoms with Crippen LogP contribution in [0, 0.1) is 0 Å². The Morgan fingerprint density at radius 3 is 2.94 bits per heavy atom. The average molecular weight is 218 g/mol. The molecule has 0 atom stereocenters.